The van der Waals surface area contributed by atoms with Crippen LogP contribution in [0.4, 0.5) is 23.2 Å². The molecule has 150 valence electrons. The molecule has 1 aromatic heterocycles. The Hall–Kier alpha value is -1.35. The van der Waals surface area contributed by atoms with Crippen molar-refractivity contribution in [1.82, 2.24) is 4.98 Å². The Morgan fingerprint density at radius 2 is 1.89 bits per heavy atom. The van der Waals surface area contributed by atoms with Crippen molar-refractivity contribution in [3.8, 4) is 0 Å². The van der Waals surface area contributed by atoms with Crippen molar-refractivity contribution < 1.29 is 22.4 Å². The molecule has 0 aliphatic heterocycles. The molecule has 2 atom stereocenters. The van der Waals surface area contributed by atoms with Gasteiger partial charge in [0.05, 0.1) is 0 Å². The first-order valence-corrected chi connectivity index (χ1v) is 9.99. The molecule has 0 spiro atoms. The third kappa shape index (κ3) is 4.74. The summed E-state index contributed by atoms with van der Waals surface area (Å²) in [6, 6.07) is 3.13. The average molecular weight is 405 g/mol. The zero-order valence-corrected chi connectivity index (χ0v) is 15.6. The van der Waals surface area contributed by atoms with Crippen LogP contribution in [0.25, 0.3) is 0 Å². The maximum atomic E-state index is 14.7. The number of rotatable bonds is 4. The summed E-state index contributed by atoms with van der Waals surface area (Å²) in [5.41, 5.74) is 0.436. The van der Waals surface area contributed by atoms with Gasteiger partial charge in [0.1, 0.15) is 5.03 Å². The topological polar surface area (TPSA) is 68.0 Å². The molecule has 2 aliphatic carbocycles. The lowest BCUT2D eigenvalue weighted by molar-refractivity contribution is -0.160. The number of hydrogen-bond acceptors (Lipinski definition) is 4. The highest BCUT2D eigenvalue weighted by atomic mass is 32.2. The molecule has 9 heteroatoms. The Balaban J connectivity index is 1.77. The number of nitrogens with zero attached hydrogens (tertiary/aromatic N) is 1. The normalized spacial score (nSPS) is 27.9. The molecule has 0 radical (unpaired) electrons. The van der Waals surface area contributed by atoms with Crippen LogP contribution in [-0.2, 0) is 4.79 Å². The molecule has 3 rings (SSSR count). The largest absolute Gasteiger partial charge is 0.326 e. The molecule has 4 nitrogen and oxygen atoms in total. The van der Waals surface area contributed by atoms with E-state index in [1.807, 2.05) is 0 Å². The predicted molar refractivity (Wildman–Crippen MR) is 95.6 cm³/mol. The fourth-order valence-corrected chi connectivity index (χ4v) is 4.69. The van der Waals surface area contributed by atoms with Gasteiger partial charge in [-0.05, 0) is 55.7 Å². The van der Waals surface area contributed by atoms with Crippen molar-refractivity contribution in [2.75, 3.05) is 5.32 Å². The average Bonchev–Trinajstić information content (AvgIpc) is 2.61. The summed E-state index contributed by atoms with van der Waals surface area (Å²) in [7, 11) is 0. The third-order valence-electron chi connectivity index (χ3n) is 5.68. The summed E-state index contributed by atoms with van der Waals surface area (Å²) < 4.78 is 56.4. The standard InChI is InChI=1S/C18H23F4N3OS/c19-17(20)7-3-11(4-8-17)15-13(2-1-6-18(15,21)22)16(26)25-12-5-9-24-14(10-12)27-23/h5,9-11,13,15H,1-4,6-8,23H2,(H,24,25,26)/t13-,15+/m1/s1. The van der Waals surface area contributed by atoms with Crippen LogP contribution in [0.3, 0.4) is 0 Å². The first-order valence-electron chi connectivity index (χ1n) is 9.11. The first-order chi connectivity index (χ1) is 12.7. The summed E-state index contributed by atoms with van der Waals surface area (Å²) in [6.45, 7) is 0. The minimum Gasteiger partial charge on any atom is -0.326 e. The minimum absolute atomic E-state index is 0.0280. The third-order valence-corrected chi connectivity index (χ3v) is 6.14. The maximum Gasteiger partial charge on any atom is 0.251 e. The van der Waals surface area contributed by atoms with Crippen molar-refractivity contribution in [3.05, 3.63) is 18.3 Å². The first kappa shape index (κ1) is 20.4. The number of amides is 1. The summed E-state index contributed by atoms with van der Waals surface area (Å²) in [4.78, 5) is 16.8. The molecule has 1 amide bonds. The van der Waals surface area contributed by atoms with Crippen LogP contribution in [0.2, 0.25) is 0 Å². The summed E-state index contributed by atoms with van der Waals surface area (Å²) in [5, 5.41) is 8.62. The van der Waals surface area contributed by atoms with Crippen LogP contribution in [0.15, 0.2) is 23.4 Å². The summed E-state index contributed by atoms with van der Waals surface area (Å²) >= 11 is 0.915. The molecule has 2 saturated carbocycles. The molecule has 1 aromatic rings. The van der Waals surface area contributed by atoms with Crippen LogP contribution in [0.5, 0.6) is 0 Å². The van der Waals surface area contributed by atoms with Gasteiger partial charge in [-0.25, -0.2) is 22.5 Å². The van der Waals surface area contributed by atoms with E-state index in [2.05, 4.69) is 10.3 Å². The molecule has 0 bridgehead atoms. The van der Waals surface area contributed by atoms with Gasteiger partial charge < -0.3 is 5.32 Å². The number of anilines is 1. The Kier molecular flexibility index (Phi) is 6.00. The molecular formula is C18H23F4N3OS. The van der Waals surface area contributed by atoms with E-state index in [0.717, 1.165) is 11.9 Å². The Morgan fingerprint density at radius 1 is 1.19 bits per heavy atom. The van der Waals surface area contributed by atoms with Crippen molar-refractivity contribution in [2.45, 2.75) is 61.8 Å². The van der Waals surface area contributed by atoms with Crippen LogP contribution in [-0.4, -0.2) is 22.7 Å². The lowest BCUT2D eigenvalue weighted by Gasteiger charge is -2.44. The molecule has 1 heterocycles. The number of nitrogens with one attached hydrogen (secondary N) is 1. The van der Waals surface area contributed by atoms with Crippen molar-refractivity contribution >= 4 is 23.5 Å². The Labute approximate surface area is 159 Å². The maximum absolute atomic E-state index is 14.7. The Morgan fingerprint density at radius 3 is 2.56 bits per heavy atom. The highest BCUT2D eigenvalue weighted by molar-refractivity contribution is 7.97. The van der Waals surface area contributed by atoms with Gasteiger partial charge in [-0.15, -0.1) is 0 Å². The number of aromatic nitrogens is 1. The molecule has 27 heavy (non-hydrogen) atoms. The second-order valence-corrected chi connectivity index (χ2v) is 8.12. The highest BCUT2D eigenvalue weighted by Gasteiger charge is 2.54. The highest BCUT2D eigenvalue weighted by Crippen LogP contribution is 2.51. The number of halogens is 4. The zero-order chi connectivity index (χ0) is 19.7. The SMILES string of the molecule is NSc1cc(NC(=O)[C@@H]2CCCC(F)(F)[C@H]2C2CCC(F)(F)CC2)ccn1. The minimum atomic E-state index is -3.02. The number of nitrogens with two attached hydrogens (primary N) is 1. The molecule has 3 N–H and O–H groups in total. The molecular weight excluding hydrogens is 382 g/mol. The van der Waals surface area contributed by atoms with Crippen molar-refractivity contribution in [3.63, 3.8) is 0 Å². The predicted octanol–water partition coefficient (Wildman–Crippen LogP) is 4.86. The van der Waals surface area contributed by atoms with E-state index in [0.29, 0.717) is 17.1 Å². The van der Waals surface area contributed by atoms with E-state index < -0.39 is 35.5 Å². The van der Waals surface area contributed by atoms with Gasteiger partial charge in [0, 0.05) is 43.0 Å². The van der Waals surface area contributed by atoms with Gasteiger partial charge >= 0.3 is 0 Å². The van der Waals surface area contributed by atoms with Gasteiger partial charge in [-0.2, -0.15) is 0 Å². The lowest BCUT2D eigenvalue weighted by Crippen LogP contribution is -2.48. The number of pyridine rings is 1. The van der Waals surface area contributed by atoms with Crippen molar-refractivity contribution in [1.29, 1.82) is 0 Å². The zero-order valence-electron chi connectivity index (χ0n) is 14.8. The van der Waals surface area contributed by atoms with E-state index >= 15 is 0 Å². The second kappa shape index (κ2) is 7.95. The van der Waals surface area contributed by atoms with Crippen LogP contribution in [0, 0.1) is 17.8 Å². The van der Waals surface area contributed by atoms with Crippen LogP contribution in [0.1, 0.15) is 44.9 Å². The summed E-state index contributed by atoms with van der Waals surface area (Å²) in [5.74, 6) is -8.96. The molecule has 0 unspecified atom stereocenters. The Bertz CT molecular complexity index is 678. The van der Waals surface area contributed by atoms with E-state index in [1.54, 1.807) is 12.1 Å². The van der Waals surface area contributed by atoms with E-state index in [9.17, 15) is 22.4 Å². The van der Waals surface area contributed by atoms with Crippen LogP contribution >= 0.6 is 11.9 Å². The van der Waals surface area contributed by atoms with E-state index in [1.165, 1.54) is 6.20 Å². The number of alkyl halides is 4. The van der Waals surface area contributed by atoms with Gasteiger partial charge in [0.25, 0.3) is 5.92 Å². The van der Waals surface area contributed by atoms with Gasteiger partial charge in [-0.3, -0.25) is 9.93 Å². The number of carbonyl (C=O) groups is 1. The van der Waals surface area contributed by atoms with E-state index in [4.69, 9.17) is 5.14 Å². The van der Waals surface area contributed by atoms with Gasteiger partial charge in [0.2, 0.25) is 11.8 Å². The van der Waals surface area contributed by atoms with Gasteiger partial charge in [-0.1, -0.05) is 0 Å². The summed E-state index contributed by atoms with van der Waals surface area (Å²) in [6.07, 6.45) is 1.03. The van der Waals surface area contributed by atoms with E-state index in [-0.39, 0.29) is 38.5 Å². The fourth-order valence-electron chi connectivity index (χ4n) is 4.37. The number of hydrogen-bond donors (Lipinski definition) is 2. The monoisotopic (exact) mass is 405 g/mol. The lowest BCUT2D eigenvalue weighted by atomic mass is 9.65. The van der Waals surface area contributed by atoms with Crippen molar-refractivity contribution in [2.24, 2.45) is 22.9 Å². The molecule has 0 saturated heterocycles. The molecule has 2 fully saturated rings. The molecule has 0 aromatic carbocycles. The van der Waals surface area contributed by atoms with Crippen LogP contribution < -0.4 is 10.5 Å². The van der Waals surface area contributed by atoms with Gasteiger partial charge in [0.15, 0.2) is 0 Å². The second-order valence-electron chi connectivity index (χ2n) is 7.47. The molecule has 2 aliphatic rings. The fraction of sp³-hybridized carbons (Fsp3) is 0.667. The quantitative estimate of drug-likeness (QED) is 0.554. The smallest absolute Gasteiger partial charge is 0.251 e. The number of carbonyl (C=O) groups excluding carboxylic acids is 1.